The number of halogens is 1. The highest BCUT2D eigenvalue weighted by Crippen LogP contribution is 2.31. The minimum atomic E-state index is -1.05. The molecule has 2 aromatic heterocycles. The van der Waals surface area contributed by atoms with Crippen molar-refractivity contribution in [2.45, 2.75) is 83.8 Å². The lowest BCUT2D eigenvalue weighted by Crippen LogP contribution is -2.46. The van der Waals surface area contributed by atoms with Crippen LogP contribution in [0.5, 0.6) is 0 Å². The first kappa shape index (κ1) is 33.5. The van der Waals surface area contributed by atoms with Crippen molar-refractivity contribution in [2.24, 2.45) is 0 Å². The molecule has 1 fully saturated rings. The van der Waals surface area contributed by atoms with Gasteiger partial charge in [0.2, 0.25) is 0 Å². The van der Waals surface area contributed by atoms with E-state index in [4.69, 9.17) is 30.5 Å². The molecule has 3 atom stereocenters. The quantitative estimate of drug-likeness (QED) is 0.243. The molecule has 0 bridgehead atoms. The van der Waals surface area contributed by atoms with E-state index < -0.39 is 47.8 Å². The molecular weight excluding hydrogens is 604 g/mol. The molecule has 242 valence electrons. The molecule has 0 aliphatic carbocycles. The van der Waals surface area contributed by atoms with Gasteiger partial charge in [-0.25, -0.2) is 19.5 Å². The lowest BCUT2D eigenvalue weighted by molar-refractivity contribution is -0.0517. The van der Waals surface area contributed by atoms with E-state index in [9.17, 15) is 14.4 Å². The number of H-pyrrole nitrogens is 1. The number of likely N-dealkylation sites (tertiary alicyclic amines) is 1. The summed E-state index contributed by atoms with van der Waals surface area (Å²) in [5.74, 6) is 0. The number of nitrogens with zero attached hydrogens (tertiary/aromatic N) is 4. The highest BCUT2D eigenvalue weighted by atomic mass is 35.5. The minimum Gasteiger partial charge on any atom is -0.444 e. The Morgan fingerprint density at radius 1 is 0.956 bits per heavy atom. The van der Waals surface area contributed by atoms with Crippen molar-refractivity contribution in [1.29, 1.82) is 0 Å². The van der Waals surface area contributed by atoms with Crippen LogP contribution in [0.1, 0.15) is 52.7 Å². The van der Waals surface area contributed by atoms with Crippen molar-refractivity contribution in [2.75, 3.05) is 13.1 Å². The number of benzene rings is 1. The zero-order chi connectivity index (χ0) is 32.8. The molecule has 0 spiro atoms. The van der Waals surface area contributed by atoms with Crippen LogP contribution in [0.3, 0.4) is 0 Å². The Morgan fingerprint density at radius 3 is 2.22 bits per heavy atom. The summed E-state index contributed by atoms with van der Waals surface area (Å²) >= 11 is 6.15. The van der Waals surface area contributed by atoms with Crippen LogP contribution in [0.25, 0.3) is 11.3 Å². The topological polar surface area (TPSA) is 158 Å². The van der Waals surface area contributed by atoms with E-state index >= 15 is 0 Å². The second-order valence-electron chi connectivity index (χ2n) is 12.6. The highest BCUT2D eigenvalue weighted by molar-refractivity contribution is 6.31. The Morgan fingerprint density at radius 2 is 1.62 bits per heavy atom. The van der Waals surface area contributed by atoms with Gasteiger partial charge in [-0.05, 0) is 77.6 Å². The van der Waals surface area contributed by atoms with Crippen molar-refractivity contribution >= 4 is 29.9 Å². The maximum atomic E-state index is 13.5. The number of hydrogen-bond acceptors (Lipinski definition) is 10. The van der Waals surface area contributed by atoms with Gasteiger partial charge < -0.3 is 24.3 Å². The van der Waals surface area contributed by atoms with Gasteiger partial charge in [-0.2, -0.15) is 0 Å². The van der Waals surface area contributed by atoms with E-state index in [1.54, 1.807) is 53.9 Å². The Labute approximate surface area is 266 Å². The SMILES string of the molecule is CC(C)(C)OC(=O)O[C@H]1CN(C(=O)OC(C)(C)C)[C@H](Cc2ccc(-c3nn[nH]c3Cl)cc2)[C@@H]1OC(=O)NCCc1ccncc1. The maximum Gasteiger partial charge on any atom is 0.509 e. The zero-order valence-electron chi connectivity index (χ0n) is 26.2. The first-order valence-corrected chi connectivity index (χ1v) is 14.9. The zero-order valence-corrected chi connectivity index (χ0v) is 27.0. The van der Waals surface area contributed by atoms with Crippen molar-refractivity contribution in [3.8, 4) is 11.3 Å². The third-order valence-corrected chi connectivity index (χ3v) is 6.91. The van der Waals surface area contributed by atoms with E-state index in [1.165, 1.54) is 4.90 Å². The van der Waals surface area contributed by atoms with Gasteiger partial charge in [0.15, 0.2) is 17.4 Å². The number of carbonyl (C=O) groups is 3. The monoisotopic (exact) mass is 642 g/mol. The van der Waals surface area contributed by atoms with Gasteiger partial charge in [-0.3, -0.25) is 9.88 Å². The van der Waals surface area contributed by atoms with Gasteiger partial charge in [-0.1, -0.05) is 41.1 Å². The second kappa shape index (κ2) is 14.1. The predicted molar refractivity (Wildman–Crippen MR) is 165 cm³/mol. The molecule has 13 nitrogen and oxygen atoms in total. The minimum absolute atomic E-state index is 0.0829. The van der Waals surface area contributed by atoms with Crippen LogP contribution in [-0.4, -0.2) is 86.2 Å². The van der Waals surface area contributed by atoms with Crippen LogP contribution in [0.4, 0.5) is 14.4 Å². The number of hydrogen-bond donors (Lipinski definition) is 2. The average molecular weight is 643 g/mol. The van der Waals surface area contributed by atoms with Crippen LogP contribution in [-0.2, 0) is 31.8 Å². The van der Waals surface area contributed by atoms with Gasteiger partial charge in [0.1, 0.15) is 16.9 Å². The summed E-state index contributed by atoms with van der Waals surface area (Å²) in [5, 5.41) is 13.4. The number of aromatic nitrogens is 4. The molecule has 2 N–H and O–H groups in total. The molecule has 4 rings (SSSR count). The third kappa shape index (κ3) is 9.80. The van der Waals surface area contributed by atoms with Crippen LogP contribution >= 0.6 is 11.6 Å². The molecule has 1 aliphatic rings. The molecule has 0 radical (unpaired) electrons. The largest absolute Gasteiger partial charge is 0.509 e. The molecule has 3 aromatic rings. The summed E-state index contributed by atoms with van der Waals surface area (Å²) in [5.41, 5.74) is 1.40. The maximum absolute atomic E-state index is 13.5. The molecular formula is C31H39ClN6O7. The number of carbonyl (C=O) groups excluding carboxylic acids is 3. The normalized spacial score (nSPS) is 18.3. The molecule has 2 amide bonds. The molecule has 1 saturated heterocycles. The first-order chi connectivity index (χ1) is 21.2. The van der Waals surface area contributed by atoms with Crippen molar-refractivity contribution in [3.05, 3.63) is 65.1 Å². The molecule has 1 aromatic carbocycles. The Bertz CT molecular complexity index is 1450. The lowest BCUT2D eigenvalue weighted by atomic mass is 9.99. The highest BCUT2D eigenvalue weighted by Gasteiger charge is 2.50. The van der Waals surface area contributed by atoms with Gasteiger partial charge in [-0.15, -0.1) is 5.10 Å². The molecule has 1 aliphatic heterocycles. The van der Waals surface area contributed by atoms with Crippen LogP contribution in [0, 0.1) is 0 Å². The van der Waals surface area contributed by atoms with E-state index in [0.29, 0.717) is 23.8 Å². The number of alkyl carbamates (subject to hydrolysis) is 1. The van der Waals surface area contributed by atoms with Gasteiger partial charge >= 0.3 is 18.3 Å². The van der Waals surface area contributed by atoms with Gasteiger partial charge in [0.25, 0.3) is 0 Å². The van der Waals surface area contributed by atoms with E-state index in [2.05, 4.69) is 25.7 Å². The van der Waals surface area contributed by atoms with Crippen LogP contribution in [0.2, 0.25) is 5.15 Å². The summed E-state index contributed by atoms with van der Waals surface area (Å²) in [6, 6.07) is 10.3. The average Bonchev–Trinajstić information content (AvgIpc) is 3.51. The number of nitrogens with one attached hydrogen (secondary N) is 2. The smallest absolute Gasteiger partial charge is 0.444 e. The number of rotatable bonds is 8. The number of pyridine rings is 1. The predicted octanol–water partition coefficient (Wildman–Crippen LogP) is 5.34. The summed E-state index contributed by atoms with van der Waals surface area (Å²) in [6.07, 6.45) is -0.240. The fraction of sp³-hybridized carbons (Fsp3) is 0.484. The Hall–Kier alpha value is -4.39. The molecule has 0 unspecified atom stereocenters. The first-order valence-electron chi connectivity index (χ1n) is 14.6. The summed E-state index contributed by atoms with van der Waals surface area (Å²) in [6.45, 7) is 10.6. The van der Waals surface area contributed by atoms with Crippen LogP contribution in [0.15, 0.2) is 48.8 Å². The Balaban J connectivity index is 1.59. The number of amides is 2. The fourth-order valence-corrected chi connectivity index (χ4v) is 4.92. The Kier molecular flexibility index (Phi) is 10.5. The van der Waals surface area contributed by atoms with E-state index in [-0.39, 0.29) is 13.0 Å². The molecule has 14 heteroatoms. The summed E-state index contributed by atoms with van der Waals surface area (Å²) in [7, 11) is 0. The third-order valence-electron chi connectivity index (χ3n) is 6.64. The molecule has 0 saturated carbocycles. The number of ether oxygens (including phenoxy) is 4. The van der Waals surface area contributed by atoms with Crippen molar-refractivity contribution < 1.29 is 33.3 Å². The molecule has 3 heterocycles. The van der Waals surface area contributed by atoms with Crippen molar-refractivity contribution in [3.63, 3.8) is 0 Å². The number of aromatic amines is 1. The summed E-state index contributed by atoms with van der Waals surface area (Å²) in [4.78, 5) is 44.7. The molecule has 45 heavy (non-hydrogen) atoms. The van der Waals surface area contributed by atoms with E-state index in [0.717, 1.165) is 16.7 Å². The summed E-state index contributed by atoms with van der Waals surface area (Å²) < 4.78 is 22.6. The standard InChI is InChI=1S/C31H39ClN6O7/c1-30(2,3)44-28(40)38-18-23(42-29(41)45-31(4,5)6)25(43-27(39)34-16-13-19-11-14-33-15-12-19)22(38)17-20-7-9-21(10-8-20)24-26(32)36-37-35-24/h7-12,14-15,22-23,25H,13,16-18H2,1-6H3,(H,34,39)(H,35,36,37)/t22-,23+,25+/m1/s1. The van der Waals surface area contributed by atoms with Gasteiger partial charge in [0, 0.05) is 24.5 Å². The lowest BCUT2D eigenvalue weighted by Gasteiger charge is -2.30. The van der Waals surface area contributed by atoms with E-state index in [1.807, 2.05) is 36.4 Å². The second-order valence-corrected chi connectivity index (χ2v) is 13.0. The van der Waals surface area contributed by atoms with Crippen LogP contribution < -0.4 is 5.32 Å². The van der Waals surface area contributed by atoms with Crippen molar-refractivity contribution in [1.82, 2.24) is 30.6 Å². The fourth-order valence-electron chi connectivity index (χ4n) is 4.74. The van der Waals surface area contributed by atoms with Gasteiger partial charge in [0.05, 0.1) is 12.6 Å².